The Hall–Kier alpha value is -1.57. The molecule has 0 bridgehead atoms. The molecule has 0 atom stereocenters. The van der Waals surface area contributed by atoms with Gasteiger partial charge >= 0.3 is 5.97 Å². The van der Waals surface area contributed by atoms with E-state index in [1.807, 2.05) is 18.2 Å². The van der Waals surface area contributed by atoms with Crippen LogP contribution in [-0.2, 0) is 4.74 Å². The van der Waals surface area contributed by atoms with E-state index >= 15 is 0 Å². The van der Waals surface area contributed by atoms with E-state index in [9.17, 15) is 4.79 Å². The standard InChI is InChI=1S/C12H11O2/c1-2-3-8-11-9-6-4-5-7-10(9)12(13)14-11/h4-7H,2-3H2,1H3. The van der Waals surface area contributed by atoms with Crippen LogP contribution >= 0.6 is 0 Å². The van der Waals surface area contributed by atoms with E-state index in [2.05, 4.69) is 13.0 Å². The molecule has 0 aliphatic carbocycles. The van der Waals surface area contributed by atoms with Crippen molar-refractivity contribution < 1.29 is 9.53 Å². The van der Waals surface area contributed by atoms with Gasteiger partial charge in [0.2, 0.25) is 0 Å². The second-order valence-corrected chi connectivity index (χ2v) is 3.19. The third kappa shape index (κ3) is 1.43. The molecule has 14 heavy (non-hydrogen) atoms. The van der Waals surface area contributed by atoms with Gasteiger partial charge < -0.3 is 4.74 Å². The summed E-state index contributed by atoms with van der Waals surface area (Å²) in [6, 6.07) is 7.40. The Morgan fingerprint density at radius 1 is 1.29 bits per heavy atom. The molecule has 0 spiro atoms. The SMILES string of the molecule is CCC[C]=C1OC(=O)c2ccccc21. The molecular weight excluding hydrogens is 176 g/mol. The second kappa shape index (κ2) is 3.66. The Bertz CT molecular complexity index is 391. The number of benzene rings is 1. The molecule has 1 aliphatic rings. The van der Waals surface area contributed by atoms with Crippen LogP contribution in [0.1, 0.15) is 35.7 Å². The number of carbonyl (C=O) groups is 1. The fraction of sp³-hybridized carbons (Fsp3) is 0.250. The first-order valence-corrected chi connectivity index (χ1v) is 4.75. The van der Waals surface area contributed by atoms with Crippen molar-refractivity contribution in [1.82, 2.24) is 0 Å². The van der Waals surface area contributed by atoms with Crippen LogP contribution in [-0.4, -0.2) is 5.97 Å². The lowest BCUT2D eigenvalue weighted by Crippen LogP contribution is -1.92. The Labute approximate surface area is 83.2 Å². The molecule has 0 N–H and O–H groups in total. The summed E-state index contributed by atoms with van der Waals surface area (Å²) in [5.41, 5.74) is 1.51. The minimum atomic E-state index is -0.265. The third-order valence-corrected chi connectivity index (χ3v) is 2.12. The highest BCUT2D eigenvalue weighted by molar-refractivity contribution is 6.02. The topological polar surface area (TPSA) is 26.3 Å². The van der Waals surface area contributed by atoms with E-state index in [-0.39, 0.29) is 5.97 Å². The zero-order valence-corrected chi connectivity index (χ0v) is 8.04. The number of unbranched alkanes of at least 4 members (excludes halogenated alkanes) is 1. The summed E-state index contributed by atoms with van der Waals surface area (Å²) in [5, 5.41) is 0. The summed E-state index contributed by atoms with van der Waals surface area (Å²) in [6.07, 6.45) is 4.91. The molecule has 1 heterocycles. The minimum Gasteiger partial charge on any atom is -0.422 e. The number of allylic oxidation sites excluding steroid dienone is 1. The molecule has 1 aliphatic heterocycles. The van der Waals surface area contributed by atoms with E-state index in [1.165, 1.54) is 0 Å². The van der Waals surface area contributed by atoms with Gasteiger partial charge in [0.1, 0.15) is 5.76 Å². The van der Waals surface area contributed by atoms with E-state index in [4.69, 9.17) is 4.74 Å². The van der Waals surface area contributed by atoms with Gasteiger partial charge in [0.15, 0.2) is 0 Å². The maximum atomic E-state index is 11.4. The maximum absolute atomic E-state index is 11.4. The molecule has 0 fully saturated rings. The highest BCUT2D eigenvalue weighted by atomic mass is 16.5. The Morgan fingerprint density at radius 2 is 2.00 bits per heavy atom. The van der Waals surface area contributed by atoms with Gasteiger partial charge in [0, 0.05) is 11.6 Å². The van der Waals surface area contributed by atoms with Crippen LogP contribution in [0.25, 0.3) is 5.76 Å². The van der Waals surface area contributed by atoms with Crippen LogP contribution < -0.4 is 0 Å². The lowest BCUT2D eigenvalue weighted by atomic mass is 10.1. The number of carbonyl (C=O) groups excluding carboxylic acids is 1. The summed E-state index contributed by atoms with van der Waals surface area (Å²) in [6.45, 7) is 2.07. The number of esters is 1. The van der Waals surface area contributed by atoms with Crippen molar-refractivity contribution >= 4 is 11.7 Å². The average Bonchev–Trinajstić information content (AvgIpc) is 2.54. The van der Waals surface area contributed by atoms with Gasteiger partial charge in [-0.25, -0.2) is 4.79 Å². The largest absolute Gasteiger partial charge is 0.422 e. The fourth-order valence-corrected chi connectivity index (χ4v) is 1.43. The van der Waals surface area contributed by atoms with Crippen LogP contribution in [0.3, 0.4) is 0 Å². The lowest BCUT2D eigenvalue weighted by molar-refractivity contribution is 0.0714. The molecule has 1 radical (unpaired) electrons. The smallest absolute Gasteiger partial charge is 0.344 e. The summed E-state index contributed by atoms with van der Waals surface area (Å²) in [7, 11) is 0. The molecule has 0 saturated heterocycles. The predicted octanol–water partition coefficient (Wildman–Crippen LogP) is 2.80. The monoisotopic (exact) mass is 187 g/mol. The molecule has 0 amide bonds. The van der Waals surface area contributed by atoms with E-state index in [0.717, 1.165) is 18.4 Å². The first-order valence-electron chi connectivity index (χ1n) is 4.75. The van der Waals surface area contributed by atoms with Crippen molar-refractivity contribution in [3.8, 4) is 0 Å². The molecule has 0 unspecified atom stereocenters. The summed E-state index contributed by atoms with van der Waals surface area (Å²) in [5.74, 6) is 0.326. The van der Waals surface area contributed by atoms with Gasteiger partial charge in [-0.15, -0.1) is 0 Å². The fourth-order valence-electron chi connectivity index (χ4n) is 1.43. The molecule has 2 rings (SSSR count). The van der Waals surface area contributed by atoms with Gasteiger partial charge in [-0.3, -0.25) is 0 Å². The van der Waals surface area contributed by atoms with Crippen molar-refractivity contribution in [3.05, 3.63) is 41.5 Å². The van der Waals surface area contributed by atoms with Crippen LogP contribution in [0.4, 0.5) is 0 Å². The maximum Gasteiger partial charge on any atom is 0.344 e. The molecule has 0 saturated carbocycles. The number of rotatable bonds is 2. The first-order chi connectivity index (χ1) is 6.83. The van der Waals surface area contributed by atoms with Crippen molar-refractivity contribution in [1.29, 1.82) is 0 Å². The number of ether oxygens (including phenoxy) is 1. The molecule has 71 valence electrons. The molecule has 2 heteroatoms. The van der Waals surface area contributed by atoms with Gasteiger partial charge in [-0.2, -0.15) is 0 Å². The summed E-state index contributed by atoms with van der Waals surface area (Å²) < 4.78 is 5.10. The number of fused-ring (bicyclic) bond motifs is 1. The second-order valence-electron chi connectivity index (χ2n) is 3.19. The molecule has 1 aromatic rings. The number of hydrogen-bond acceptors (Lipinski definition) is 2. The van der Waals surface area contributed by atoms with E-state index < -0.39 is 0 Å². The molecule has 2 nitrogen and oxygen atoms in total. The van der Waals surface area contributed by atoms with Crippen molar-refractivity contribution in [3.63, 3.8) is 0 Å². The minimum absolute atomic E-state index is 0.265. The van der Waals surface area contributed by atoms with Crippen molar-refractivity contribution in [2.24, 2.45) is 0 Å². The first kappa shape index (κ1) is 9.00. The number of cyclic esters (lactones) is 1. The average molecular weight is 187 g/mol. The van der Waals surface area contributed by atoms with E-state index in [0.29, 0.717) is 11.3 Å². The Balaban J connectivity index is 2.39. The molecule has 0 aromatic heterocycles. The summed E-state index contributed by atoms with van der Waals surface area (Å²) in [4.78, 5) is 11.4. The van der Waals surface area contributed by atoms with Crippen molar-refractivity contribution in [2.45, 2.75) is 19.8 Å². The molecule has 1 aromatic carbocycles. The normalized spacial score (nSPS) is 16.9. The highest BCUT2D eigenvalue weighted by Gasteiger charge is 2.25. The molecular formula is C12H11O2. The van der Waals surface area contributed by atoms with Crippen molar-refractivity contribution in [2.75, 3.05) is 0 Å². The zero-order chi connectivity index (χ0) is 9.97. The lowest BCUT2D eigenvalue weighted by Gasteiger charge is -1.95. The quantitative estimate of drug-likeness (QED) is 0.665. The summed E-state index contributed by atoms with van der Waals surface area (Å²) >= 11 is 0. The highest BCUT2D eigenvalue weighted by Crippen LogP contribution is 2.29. The van der Waals surface area contributed by atoms with Gasteiger partial charge in [0.25, 0.3) is 0 Å². The van der Waals surface area contributed by atoms with Crippen LogP contribution in [0, 0.1) is 6.08 Å². The van der Waals surface area contributed by atoms with Gasteiger partial charge in [-0.05, 0) is 12.5 Å². The zero-order valence-electron chi connectivity index (χ0n) is 8.04. The Kier molecular flexibility index (Phi) is 2.35. The number of hydrogen-bond donors (Lipinski definition) is 0. The van der Waals surface area contributed by atoms with Crippen LogP contribution in [0.5, 0.6) is 0 Å². The third-order valence-electron chi connectivity index (χ3n) is 2.12. The predicted molar refractivity (Wildman–Crippen MR) is 53.4 cm³/mol. The van der Waals surface area contributed by atoms with Gasteiger partial charge in [-0.1, -0.05) is 31.5 Å². The van der Waals surface area contributed by atoms with Gasteiger partial charge in [0.05, 0.1) is 5.56 Å². The Morgan fingerprint density at radius 3 is 2.71 bits per heavy atom. The van der Waals surface area contributed by atoms with E-state index in [1.54, 1.807) is 6.07 Å². The van der Waals surface area contributed by atoms with Crippen LogP contribution in [0.2, 0.25) is 0 Å². The van der Waals surface area contributed by atoms with Crippen LogP contribution in [0.15, 0.2) is 24.3 Å².